The van der Waals surface area contributed by atoms with Gasteiger partial charge in [-0.2, -0.15) is 13.0 Å². The molecular weight excluding hydrogens is 819 g/mol. The molecule has 7 rings (SSSR count). The average molecular weight is 889 g/mol. The number of benzene rings is 3. The van der Waals surface area contributed by atoms with Gasteiger partial charge in [-0.25, -0.2) is 0 Å². The van der Waals surface area contributed by atoms with E-state index in [-0.39, 0.29) is 16.2 Å². The number of fused-ring (bicyclic) bond motifs is 2. The van der Waals surface area contributed by atoms with Crippen LogP contribution in [0.2, 0.25) is 0 Å². The van der Waals surface area contributed by atoms with Crippen molar-refractivity contribution in [2.24, 2.45) is 0 Å². The lowest BCUT2D eigenvalue weighted by Crippen LogP contribution is -2.38. The van der Waals surface area contributed by atoms with Crippen molar-refractivity contribution >= 4 is 38.8 Å². The summed E-state index contributed by atoms with van der Waals surface area (Å²) in [5.41, 5.74) is 11.2. The minimum Gasteiger partial charge on any atom is -0.379 e. The van der Waals surface area contributed by atoms with E-state index >= 15 is 0 Å². The molecule has 3 aliphatic heterocycles. The Morgan fingerprint density at radius 1 is 0.844 bits per heavy atom. The summed E-state index contributed by atoms with van der Waals surface area (Å²) >= 11 is 0. The third kappa shape index (κ3) is 10.5. The van der Waals surface area contributed by atoms with Crippen molar-refractivity contribution in [1.29, 1.82) is 0 Å². The van der Waals surface area contributed by atoms with Crippen molar-refractivity contribution in [1.82, 2.24) is 10.2 Å². The van der Waals surface area contributed by atoms with Gasteiger partial charge in [-0.15, -0.1) is 0 Å². The van der Waals surface area contributed by atoms with Crippen LogP contribution in [0.1, 0.15) is 121 Å². The molecule has 11 heteroatoms. The van der Waals surface area contributed by atoms with Gasteiger partial charge in [0.25, 0.3) is 16.0 Å². The van der Waals surface area contributed by atoms with E-state index < -0.39 is 15.5 Å². The van der Waals surface area contributed by atoms with Gasteiger partial charge in [0.2, 0.25) is 5.69 Å². The number of anilines is 2. The van der Waals surface area contributed by atoms with Crippen LogP contribution >= 0.6 is 0 Å². The summed E-state index contributed by atoms with van der Waals surface area (Å²) < 4.78 is 42.6. The lowest BCUT2D eigenvalue weighted by Gasteiger charge is -2.28. The molecule has 0 bridgehead atoms. The van der Waals surface area contributed by atoms with Crippen molar-refractivity contribution in [2.45, 2.75) is 115 Å². The molecule has 0 spiro atoms. The predicted molar refractivity (Wildman–Crippen MR) is 261 cm³/mol. The van der Waals surface area contributed by atoms with E-state index in [1.165, 1.54) is 34.2 Å². The van der Waals surface area contributed by atoms with E-state index in [1.807, 2.05) is 30.3 Å². The van der Waals surface area contributed by atoms with Crippen molar-refractivity contribution in [3.05, 3.63) is 130 Å². The topological polar surface area (TPSA) is 114 Å². The number of hydrogen-bond acceptors (Lipinski definition) is 7. The normalized spacial score (nSPS) is 19.8. The quantitative estimate of drug-likeness (QED) is 0.0657. The van der Waals surface area contributed by atoms with Crippen molar-refractivity contribution in [3.63, 3.8) is 0 Å². The summed E-state index contributed by atoms with van der Waals surface area (Å²) in [6.07, 6.45) is 18.2. The summed E-state index contributed by atoms with van der Waals surface area (Å²) in [5.74, 6) is -0.0709. The van der Waals surface area contributed by atoms with Crippen LogP contribution in [0, 0.1) is 0 Å². The molecule has 342 valence electrons. The average Bonchev–Trinajstić information content (AvgIpc) is 3.63. The third-order valence-corrected chi connectivity index (χ3v) is 14.4. The molecule has 1 saturated heterocycles. The van der Waals surface area contributed by atoms with E-state index in [4.69, 9.17) is 4.74 Å². The van der Waals surface area contributed by atoms with Crippen LogP contribution in [0.4, 0.5) is 17.1 Å². The lowest BCUT2D eigenvalue weighted by molar-refractivity contribution is -0.438. The van der Waals surface area contributed by atoms with Gasteiger partial charge in [-0.05, 0) is 118 Å². The van der Waals surface area contributed by atoms with Crippen LogP contribution in [0.3, 0.4) is 0 Å². The molecule has 1 aliphatic carbocycles. The molecule has 3 aromatic rings. The van der Waals surface area contributed by atoms with Gasteiger partial charge in [0.05, 0.1) is 23.5 Å². The second kappa shape index (κ2) is 20.6. The fraction of sp³-hybridized carbons (Fsp3) is 0.472. The van der Waals surface area contributed by atoms with Gasteiger partial charge < -0.3 is 20.3 Å². The van der Waals surface area contributed by atoms with Gasteiger partial charge in [0, 0.05) is 84.1 Å². The highest BCUT2D eigenvalue weighted by molar-refractivity contribution is 7.85. The zero-order valence-corrected chi connectivity index (χ0v) is 39.8. The Morgan fingerprint density at radius 2 is 1.59 bits per heavy atom. The van der Waals surface area contributed by atoms with Gasteiger partial charge in [-0.1, -0.05) is 77.3 Å². The molecule has 0 unspecified atom stereocenters. The molecule has 1 amide bonds. The molecule has 0 atom stereocenters. The van der Waals surface area contributed by atoms with E-state index in [0.29, 0.717) is 12.1 Å². The number of para-hydroxylation sites is 1. The van der Waals surface area contributed by atoms with Gasteiger partial charge in [-0.3, -0.25) is 14.2 Å². The van der Waals surface area contributed by atoms with E-state index in [2.05, 4.69) is 115 Å². The van der Waals surface area contributed by atoms with Crippen LogP contribution in [0.15, 0.2) is 118 Å². The molecule has 3 aromatic carbocycles. The zero-order chi connectivity index (χ0) is 45.5. The van der Waals surface area contributed by atoms with Gasteiger partial charge in [0.15, 0.2) is 5.71 Å². The maximum absolute atomic E-state index is 13.2. The molecule has 10 nitrogen and oxygen atoms in total. The Balaban J connectivity index is 1.23. The minimum atomic E-state index is -4.37. The Kier molecular flexibility index (Phi) is 15.2. The minimum absolute atomic E-state index is 0.0709. The number of nitrogens with zero attached hydrogens (tertiary/aromatic N) is 3. The Morgan fingerprint density at radius 3 is 2.33 bits per heavy atom. The highest BCUT2D eigenvalue weighted by atomic mass is 32.2. The molecule has 4 aliphatic rings. The number of rotatable bonds is 18. The first-order valence-electron chi connectivity index (χ1n) is 23.7. The standard InChI is InChI=1S/C53H69N5O5S/c1-7-9-13-33-58-47-27-26-43(64(60,61)62)38-45(47)53(5,6)49(58)29-23-40-17-14-16-39(22-28-48-52(3,4)44-18-11-12-19-46(44)57(48)32-10-8-2)50(40)55-42-24-20-41(21-25-42)51(59)54-30-15-31-56-34-36-63-37-35-56/h11-12,18-29,38H,7-10,13-17,30-37H2,1-6H3,(H2,54,59,60,61,62)/p+1. The molecule has 0 saturated carbocycles. The zero-order valence-electron chi connectivity index (χ0n) is 39.0. The van der Waals surface area contributed by atoms with E-state index in [9.17, 15) is 17.8 Å². The second-order valence-corrected chi connectivity index (χ2v) is 20.2. The highest BCUT2D eigenvalue weighted by Crippen LogP contribution is 2.49. The largest absolute Gasteiger partial charge is 0.379 e. The second-order valence-electron chi connectivity index (χ2n) is 18.8. The first-order valence-corrected chi connectivity index (χ1v) is 25.1. The van der Waals surface area contributed by atoms with Crippen LogP contribution in [0.25, 0.3) is 0 Å². The number of allylic oxidation sites excluding steroid dienone is 7. The number of morpholine rings is 1. The Bertz CT molecular complexity index is 2440. The van der Waals surface area contributed by atoms with Gasteiger partial charge in [0.1, 0.15) is 6.54 Å². The van der Waals surface area contributed by atoms with Crippen molar-refractivity contribution in [3.8, 4) is 0 Å². The number of amides is 1. The molecule has 0 aromatic heterocycles. The third-order valence-electron chi connectivity index (χ3n) is 13.6. The fourth-order valence-electron chi connectivity index (χ4n) is 9.83. The molecule has 3 heterocycles. The number of carbonyl (C=O) groups excluding carboxylic acids is 1. The summed E-state index contributed by atoms with van der Waals surface area (Å²) in [6, 6.07) is 21.6. The van der Waals surface area contributed by atoms with Crippen LogP contribution in [-0.4, -0.2) is 86.5 Å². The van der Waals surface area contributed by atoms with Crippen molar-refractivity contribution < 1.29 is 27.1 Å². The lowest BCUT2D eigenvalue weighted by atomic mass is 9.81. The molecular formula is C53H70N5O5S+. The molecule has 64 heavy (non-hydrogen) atoms. The SMILES string of the molecule is CCCCCN1C(=CC=C2CCCC(C=CC3=[N+](CCCC)c4ccccc4C3(C)C)=C2Nc2ccc(C(=O)NCCCN3CCOCC3)cc2)C(C)(C)c2cc(S(=O)(=O)O)ccc21. The summed E-state index contributed by atoms with van der Waals surface area (Å²) in [4.78, 5) is 17.8. The van der Waals surface area contributed by atoms with Crippen molar-refractivity contribution in [2.75, 3.05) is 62.7 Å². The fourth-order valence-corrected chi connectivity index (χ4v) is 10.3. The monoisotopic (exact) mass is 889 g/mol. The number of nitrogens with one attached hydrogen (secondary N) is 2. The smallest absolute Gasteiger partial charge is 0.294 e. The predicted octanol–water partition coefficient (Wildman–Crippen LogP) is 10.5. The summed E-state index contributed by atoms with van der Waals surface area (Å²) in [5, 5.41) is 6.95. The van der Waals surface area contributed by atoms with E-state index in [1.54, 1.807) is 6.07 Å². The summed E-state index contributed by atoms with van der Waals surface area (Å²) in [6.45, 7) is 20.1. The maximum Gasteiger partial charge on any atom is 0.294 e. The number of unbranched alkanes of at least 4 members (excludes halogenated alkanes) is 3. The van der Waals surface area contributed by atoms with E-state index in [0.717, 1.165) is 132 Å². The number of hydrogen-bond donors (Lipinski definition) is 3. The van der Waals surface area contributed by atoms with Crippen LogP contribution < -0.4 is 15.5 Å². The maximum atomic E-state index is 13.2. The van der Waals surface area contributed by atoms with Gasteiger partial charge >= 0.3 is 0 Å². The Hall–Kier alpha value is -4.81. The number of carbonyl (C=O) groups is 1. The van der Waals surface area contributed by atoms with Crippen LogP contribution in [-0.2, 0) is 25.7 Å². The highest BCUT2D eigenvalue weighted by Gasteiger charge is 2.44. The first kappa shape index (κ1) is 47.2. The first-order chi connectivity index (χ1) is 30.7. The molecule has 1 fully saturated rings. The Labute approximate surface area is 382 Å². The summed E-state index contributed by atoms with van der Waals surface area (Å²) in [7, 11) is -4.37. The van der Waals surface area contributed by atoms with Crippen LogP contribution in [0.5, 0.6) is 0 Å². The molecule has 0 radical (unpaired) electrons. The molecule has 3 N–H and O–H groups in total. The number of ether oxygens (including phenoxy) is 1.